The maximum Gasteiger partial charge on any atom is 0.253 e. The zero-order valence-corrected chi connectivity index (χ0v) is 15.5. The number of amides is 1. The number of piperidine rings is 1. The van der Waals surface area contributed by atoms with E-state index in [1.807, 2.05) is 41.4 Å². The van der Waals surface area contributed by atoms with E-state index < -0.39 is 0 Å². The first kappa shape index (κ1) is 16.7. The second kappa shape index (κ2) is 6.63. The van der Waals surface area contributed by atoms with Gasteiger partial charge in [-0.25, -0.2) is 0 Å². The smallest absolute Gasteiger partial charge is 0.253 e. The van der Waals surface area contributed by atoms with Crippen LogP contribution in [-0.4, -0.2) is 55.8 Å². The number of carbonyl (C=O) groups excluding carboxylic acids is 1. The van der Waals surface area contributed by atoms with Crippen LogP contribution in [0.5, 0.6) is 5.88 Å². The summed E-state index contributed by atoms with van der Waals surface area (Å²) in [4.78, 5) is 18.0. The number of hydrogen-bond acceptors (Lipinski definition) is 5. The maximum absolute atomic E-state index is 12.9. The number of carbonyl (C=O) groups is 1. The third-order valence-electron chi connectivity index (χ3n) is 5.42. The van der Waals surface area contributed by atoms with Crippen molar-refractivity contribution in [3.63, 3.8) is 0 Å². The van der Waals surface area contributed by atoms with Crippen molar-refractivity contribution in [1.29, 1.82) is 0 Å². The van der Waals surface area contributed by atoms with Crippen LogP contribution in [0.2, 0.25) is 0 Å². The molecule has 1 aliphatic rings. The first-order valence-corrected chi connectivity index (χ1v) is 9.36. The second-order valence-electron chi connectivity index (χ2n) is 7.05. The van der Waals surface area contributed by atoms with Crippen molar-refractivity contribution < 1.29 is 9.53 Å². The topological polar surface area (TPSA) is 88.4 Å². The summed E-state index contributed by atoms with van der Waals surface area (Å²) in [5, 5.41) is 14.1. The lowest BCUT2D eigenvalue weighted by Crippen LogP contribution is -2.38. The molecule has 1 fully saturated rings. The van der Waals surface area contributed by atoms with Gasteiger partial charge in [-0.3, -0.25) is 4.79 Å². The van der Waals surface area contributed by atoms with Gasteiger partial charge in [-0.1, -0.05) is 6.07 Å². The van der Waals surface area contributed by atoms with Crippen molar-refractivity contribution in [3.8, 4) is 5.88 Å². The minimum atomic E-state index is 0.0702. The van der Waals surface area contributed by atoms with E-state index in [9.17, 15) is 4.79 Å². The van der Waals surface area contributed by atoms with Crippen LogP contribution in [0.1, 0.15) is 34.9 Å². The zero-order valence-electron chi connectivity index (χ0n) is 15.5. The van der Waals surface area contributed by atoms with Crippen molar-refractivity contribution in [3.05, 3.63) is 54.0 Å². The maximum atomic E-state index is 12.9. The van der Waals surface area contributed by atoms with Crippen LogP contribution in [0.3, 0.4) is 0 Å². The highest BCUT2D eigenvalue weighted by Crippen LogP contribution is 2.28. The summed E-state index contributed by atoms with van der Waals surface area (Å²) in [6, 6.07) is 11.4. The van der Waals surface area contributed by atoms with Gasteiger partial charge in [0.2, 0.25) is 5.88 Å². The third-order valence-corrected chi connectivity index (χ3v) is 5.42. The number of benzene rings is 1. The first-order valence-electron chi connectivity index (χ1n) is 9.36. The molecule has 1 saturated heterocycles. The van der Waals surface area contributed by atoms with E-state index in [1.165, 1.54) is 0 Å². The average Bonchev–Trinajstić information content (AvgIpc) is 3.39. The predicted molar refractivity (Wildman–Crippen MR) is 104 cm³/mol. The van der Waals surface area contributed by atoms with Gasteiger partial charge in [0, 0.05) is 42.4 Å². The Labute approximate surface area is 161 Å². The number of aromatic nitrogens is 5. The minimum Gasteiger partial charge on any atom is -0.480 e. The monoisotopic (exact) mass is 376 g/mol. The van der Waals surface area contributed by atoms with E-state index in [2.05, 4.69) is 20.3 Å². The summed E-state index contributed by atoms with van der Waals surface area (Å²) in [5.74, 6) is 1.64. The summed E-state index contributed by atoms with van der Waals surface area (Å²) in [6.45, 7) is 1.37. The van der Waals surface area contributed by atoms with E-state index in [1.54, 1.807) is 17.7 Å². The van der Waals surface area contributed by atoms with Crippen LogP contribution >= 0.6 is 0 Å². The van der Waals surface area contributed by atoms with E-state index in [4.69, 9.17) is 4.74 Å². The molecule has 3 aromatic heterocycles. The van der Waals surface area contributed by atoms with Gasteiger partial charge in [0.25, 0.3) is 5.91 Å². The molecular weight excluding hydrogens is 356 g/mol. The molecule has 8 heteroatoms. The molecule has 0 aliphatic carbocycles. The van der Waals surface area contributed by atoms with Gasteiger partial charge in [0.15, 0.2) is 11.5 Å². The van der Waals surface area contributed by atoms with Crippen LogP contribution in [0.15, 0.2) is 42.6 Å². The fourth-order valence-corrected chi connectivity index (χ4v) is 3.86. The fourth-order valence-electron chi connectivity index (χ4n) is 3.86. The molecule has 1 N–H and O–H groups in total. The number of hydrogen-bond donors (Lipinski definition) is 1. The molecule has 1 aliphatic heterocycles. The van der Waals surface area contributed by atoms with Crippen molar-refractivity contribution in [2.24, 2.45) is 0 Å². The molecule has 0 unspecified atom stereocenters. The highest BCUT2D eigenvalue weighted by molar-refractivity contribution is 5.98. The molecule has 0 atom stereocenters. The molecule has 0 bridgehead atoms. The van der Waals surface area contributed by atoms with E-state index in [0.717, 1.165) is 29.6 Å². The number of rotatable bonds is 3. The summed E-state index contributed by atoms with van der Waals surface area (Å²) >= 11 is 0. The molecular formula is C20H20N6O2. The highest BCUT2D eigenvalue weighted by Gasteiger charge is 2.28. The van der Waals surface area contributed by atoms with Gasteiger partial charge in [-0.15, -0.1) is 15.3 Å². The number of nitrogens with zero attached hydrogens (tertiary/aromatic N) is 5. The van der Waals surface area contributed by atoms with Crippen LogP contribution < -0.4 is 4.74 Å². The normalized spacial score (nSPS) is 15.4. The standard InChI is InChI=1S/C20H20N6O2/c1-28-18-5-4-17-22-23-19(26(17)24-18)14-7-10-25(11-8-14)20(27)15-3-2-13-6-9-21-16(13)12-15/h2-6,9,12,14,21H,7-8,10-11H2,1H3. The minimum absolute atomic E-state index is 0.0702. The molecule has 1 amide bonds. The summed E-state index contributed by atoms with van der Waals surface area (Å²) in [6.07, 6.45) is 3.54. The van der Waals surface area contributed by atoms with Gasteiger partial charge < -0.3 is 14.6 Å². The molecule has 28 heavy (non-hydrogen) atoms. The van der Waals surface area contributed by atoms with Gasteiger partial charge >= 0.3 is 0 Å². The summed E-state index contributed by atoms with van der Waals surface area (Å²) in [7, 11) is 1.59. The Morgan fingerprint density at radius 3 is 2.82 bits per heavy atom. The molecule has 0 spiro atoms. The summed E-state index contributed by atoms with van der Waals surface area (Å²) in [5.41, 5.74) is 2.40. The lowest BCUT2D eigenvalue weighted by Gasteiger charge is -2.31. The SMILES string of the molecule is COc1ccc2nnc(C3CCN(C(=O)c4ccc5cc[nH]c5c4)CC3)n2n1. The van der Waals surface area contributed by atoms with Crippen molar-refractivity contribution in [2.45, 2.75) is 18.8 Å². The zero-order chi connectivity index (χ0) is 19.1. The number of fused-ring (bicyclic) bond motifs is 2. The largest absolute Gasteiger partial charge is 0.480 e. The quantitative estimate of drug-likeness (QED) is 0.594. The first-order chi connectivity index (χ1) is 13.7. The number of nitrogens with one attached hydrogen (secondary N) is 1. The second-order valence-corrected chi connectivity index (χ2v) is 7.05. The van der Waals surface area contributed by atoms with Gasteiger partial charge in [-0.05, 0) is 42.5 Å². The Morgan fingerprint density at radius 2 is 2.00 bits per heavy atom. The molecule has 0 saturated carbocycles. The number of likely N-dealkylation sites (tertiary alicyclic amines) is 1. The molecule has 0 radical (unpaired) electrons. The number of methoxy groups -OCH3 is 1. The Bertz CT molecular complexity index is 1160. The van der Waals surface area contributed by atoms with Gasteiger partial charge in [0.05, 0.1) is 7.11 Å². The molecule has 142 valence electrons. The Balaban J connectivity index is 1.32. The Hall–Kier alpha value is -3.42. The molecule has 1 aromatic carbocycles. The van der Waals surface area contributed by atoms with E-state index in [0.29, 0.717) is 30.2 Å². The van der Waals surface area contributed by atoms with Crippen molar-refractivity contribution >= 4 is 22.5 Å². The molecule has 5 rings (SSSR count). The van der Waals surface area contributed by atoms with Crippen molar-refractivity contribution in [1.82, 2.24) is 29.7 Å². The molecule has 4 aromatic rings. The Morgan fingerprint density at radius 1 is 1.14 bits per heavy atom. The average molecular weight is 376 g/mol. The van der Waals surface area contributed by atoms with Gasteiger partial charge in [-0.2, -0.15) is 4.52 Å². The van der Waals surface area contributed by atoms with Crippen LogP contribution in [-0.2, 0) is 0 Å². The highest BCUT2D eigenvalue weighted by atomic mass is 16.5. The van der Waals surface area contributed by atoms with Crippen LogP contribution in [0.4, 0.5) is 0 Å². The molecule has 8 nitrogen and oxygen atoms in total. The molecule has 4 heterocycles. The number of ether oxygens (including phenoxy) is 1. The van der Waals surface area contributed by atoms with Crippen LogP contribution in [0.25, 0.3) is 16.6 Å². The lowest BCUT2D eigenvalue weighted by atomic mass is 9.95. The lowest BCUT2D eigenvalue weighted by molar-refractivity contribution is 0.0711. The predicted octanol–water partition coefficient (Wildman–Crippen LogP) is 2.63. The van der Waals surface area contributed by atoms with E-state index >= 15 is 0 Å². The third kappa shape index (κ3) is 2.77. The van der Waals surface area contributed by atoms with Gasteiger partial charge in [0.1, 0.15) is 0 Å². The fraction of sp³-hybridized carbons (Fsp3) is 0.300. The van der Waals surface area contributed by atoms with Crippen molar-refractivity contribution in [2.75, 3.05) is 20.2 Å². The van der Waals surface area contributed by atoms with E-state index in [-0.39, 0.29) is 11.8 Å². The number of aromatic amines is 1. The number of H-pyrrole nitrogens is 1. The Kier molecular flexibility index (Phi) is 3.96. The summed E-state index contributed by atoms with van der Waals surface area (Å²) < 4.78 is 6.96. The van der Waals surface area contributed by atoms with Crippen LogP contribution in [0, 0.1) is 0 Å².